The van der Waals surface area contributed by atoms with E-state index in [4.69, 9.17) is 0 Å². The maximum Gasteiger partial charge on any atom is 0.341 e. The molecule has 0 bridgehead atoms. The zero-order chi connectivity index (χ0) is 29.1. The molecule has 0 spiro atoms. The van der Waals surface area contributed by atoms with Crippen molar-refractivity contribution in [2.24, 2.45) is 0 Å². The second-order valence-electron chi connectivity index (χ2n) is 9.80. The van der Waals surface area contributed by atoms with Crippen LogP contribution in [0.4, 0.5) is 4.79 Å². The van der Waals surface area contributed by atoms with Crippen LogP contribution in [0.3, 0.4) is 0 Å². The Kier molecular flexibility index (Phi) is 11.5. The van der Waals surface area contributed by atoms with Gasteiger partial charge in [-0.05, 0) is 55.0 Å². The summed E-state index contributed by atoms with van der Waals surface area (Å²) in [4.78, 5) is 50.8. The van der Waals surface area contributed by atoms with Gasteiger partial charge in [-0.15, -0.1) is 0 Å². The molecule has 216 valence electrons. The zero-order valence-electron chi connectivity index (χ0n) is 23.1. The fraction of sp³-hybridized carbons (Fsp3) is 0.448. The normalized spacial score (nSPS) is 14.4. The van der Waals surface area contributed by atoms with Gasteiger partial charge in [0.1, 0.15) is 6.04 Å². The molecule has 1 aliphatic heterocycles. The number of carbonyl (C=O) groups is 4. The first-order valence-electron chi connectivity index (χ1n) is 13.7. The van der Waals surface area contributed by atoms with Gasteiger partial charge in [0.2, 0.25) is 11.8 Å². The summed E-state index contributed by atoms with van der Waals surface area (Å²) in [5, 5.41) is 28.1. The van der Waals surface area contributed by atoms with Crippen LogP contribution in [0.25, 0.3) is 11.1 Å². The molecular formula is C29H39N5O6. The van der Waals surface area contributed by atoms with Crippen LogP contribution < -0.4 is 16.0 Å². The largest absolute Gasteiger partial charge is 0.391 e. The molecule has 11 heteroatoms. The molecule has 40 heavy (non-hydrogen) atoms. The van der Waals surface area contributed by atoms with E-state index in [2.05, 4.69) is 35.0 Å². The predicted octanol–water partition coefficient (Wildman–Crippen LogP) is 1.92. The number of likely N-dealkylation sites (tertiary alicyclic amines) is 1. The number of nitrogens with one attached hydrogen (secondary N) is 3. The van der Waals surface area contributed by atoms with Crippen molar-refractivity contribution >= 4 is 23.8 Å². The first-order chi connectivity index (χ1) is 19.2. The van der Waals surface area contributed by atoms with Gasteiger partial charge in [0.25, 0.3) is 5.91 Å². The highest BCUT2D eigenvalue weighted by atomic mass is 16.5. The van der Waals surface area contributed by atoms with Crippen molar-refractivity contribution in [3.63, 3.8) is 0 Å². The quantitative estimate of drug-likeness (QED) is 0.145. The van der Waals surface area contributed by atoms with Crippen molar-refractivity contribution in [2.45, 2.75) is 51.7 Å². The number of hydrogen-bond donors (Lipinski definition) is 5. The molecule has 5 N–H and O–H groups in total. The Labute approximate surface area is 234 Å². The van der Waals surface area contributed by atoms with E-state index in [1.54, 1.807) is 17.0 Å². The lowest BCUT2D eigenvalue weighted by Gasteiger charge is -2.22. The van der Waals surface area contributed by atoms with Crippen LogP contribution in [-0.4, -0.2) is 88.9 Å². The Morgan fingerprint density at radius 3 is 2.23 bits per heavy atom. The fourth-order valence-corrected chi connectivity index (χ4v) is 4.37. The van der Waals surface area contributed by atoms with Crippen molar-refractivity contribution in [1.29, 1.82) is 0 Å². The van der Waals surface area contributed by atoms with Crippen LogP contribution in [0, 0.1) is 0 Å². The number of benzene rings is 2. The molecule has 11 nitrogen and oxygen atoms in total. The van der Waals surface area contributed by atoms with Crippen molar-refractivity contribution in [2.75, 3.05) is 32.7 Å². The Bertz CT molecular complexity index is 1150. The predicted molar refractivity (Wildman–Crippen MR) is 150 cm³/mol. The van der Waals surface area contributed by atoms with E-state index in [0.29, 0.717) is 30.0 Å². The van der Waals surface area contributed by atoms with Crippen molar-refractivity contribution in [1.82, 2.24) is 25.9 Å². The summed E-state index contributed by atoms with van der Waals surface area (Å²) in [5.74, 6) is -1.06. The Morgan fingerprint density at radius 2 is 1.65 bits per heavy atom. The number of hydroxylamine groups is 2. The van der Waals surface area contributed by atoms with Gasteiger partial charge in [-0.25, -0.2) is 9.86 Å². The van der Waals surface area contributed by atoms with E-state index < -0.39 is 30.0 Å². The molecule has 2 aromatic rings. The lowest BCUT2D eigenvalue weighted by molar-refractivity contribution is -0.128. The third kappa shape index (κ3) is 8.78. The highest BCUT2D eigenvalue weighted by molar-refractivity contribution is 5.98. The smallest absolute Gasteiger partial charge is 0.341 e. The van der Waals surface area contributed by atoms with Gasteiger partial charge < -0.3 is 26.0 Å². The molecule has 0 aromatic heterocycles. The van der Waals surface area contributed by atoms with E-state index in [0.717, 1.165) is 30.5 Å². The Morgan fingerprint density at radius 1 is 1.00 bits per heavy atom. The molecule has 1 heterocycles. The van der Waals surface area contributed by atoms with Gasteiger partial charge in [-0.2, -0.15) is 0 Å². The summed E-state index contributed by atoms with van der Waals surface area (Å²) in [5.41, 5.74) is 3.54. The van der Waals surface area contributed by atoms with Crippen LogP contribution >= 0.6 is 0 Å². The molecule has 0 aliphatic carbocycles. The Hall–Kier alpha value is -3.96. The lowest BCUT2D eigenvalue weighted by Crippen LogP contribution is -2.53. The maximum atomic E-state index is 12.8. The number of nitrogens with zero attached hydrogens (tertiary/aromatic N) is 2. The SMILES string of the molecule is CCc1ccc(-c2ccc(C(=O)N[C@H](C(=O)NCCN(O)C(=O)NCCCN3CCCC3=O)[C@@H](C)O)cc2)cc1. The van der Waals surface area contributed by atoms with Crippen LogP contribution in [0.5, 0.6) is 0 Å². The highest BCUT2D eigenvalue weighted by Crippen LogP contribution is 2.20. The van der Waals surface area contributed by atoms with E-state index >= 15 is 0 Å². The van der Waals surface area contributed by atoms with Crippen LogP contribution in [0.15, 0.2) is 48.5 Å². The molecular weight excluding hydrogens is 514 g/mol. The van der Waals surface area contributed by atoms with Crippen molar-refractivity contribution < 1.29 is 29.5 Å². The molecule has 0 saturated carbocycles. The number of amides is 5. The van der Waals surface area contributed by atoms with Crippen LogP contribution in [0.1, 0.15) is 49.0 Å². The average molecular weight is 554 g/mol. The standard InChI is InChI=1S/C29H39N5O6/c1-3-21-7-9-22(10-8-21)23-11-13-24(14-12-23)27(37)32-26(20(2)35)28(38)30-16-19-34(40)29(39)31-15-5-18-33-17-4-6-25(33)36/h7-14,20,26,35,40H,3-6,15-19H2,1-2H3,(H,30,38)(H,31,39)(H,32,37)/t20-,26+/m1/s1. The number of urea groups is 1. The fourth-order valence-electron chi connectivity index (χ4n) is 4.37. The van der Waals surface area contributed by atoms with Gasteiger partial charge in [0.05, 0.1) is 12.6 Å². The molecule has 1 aliphatic rings. The van der Waals surface area contributed by atoms with Gasteiger partial charge in [-0.3, -0.25) is 19.6 Å². The monoisotopic (exact) mass is 553 g/mol. The number of aliphatic hydroxyl groups is 1. The molecule has 3 rings (SSSR count). The molecule has 0 radical (unpaired) electrons. The lowest BCUT2D eigenvalue weighted by atomic mass is 10.0. The van der Waals surface area contributed by atoms with E-state index in [1.165, 1.54) is 12.5 Å². The average Bonchev–Trinajstić information content (AvgIpc) is 3.37. The van der Waals surface area contributed by atoms with Gasteiger partial charge in [-0.1, -0.05) is 43.3 Å². The third-order valence-electron chi connectivity index (χ3n) is 6.80. The summed E-state index contributed by atoms with van der Waals surface area (Å²) in [6.07, 6.45) is 1.74. The summed E-state index contributed by atoms with van der Waals surface area (Å²) in [6.45, 7) is 4.73. The first-order valence-corrected chi connectivity index (χ1v) is 13.7. The number of carbonyl (C=O) groups excluding carboxylic acids is 4. The van der Waals surface area contributed by atoms with Gasteiger partial charge >= 0.3 is 6.03 Å². The number of aryl methyl sites for hydroxylation is 1. The topological polar surface area (TPSA) is 151 Å². The minimum atomic E-state index is -1.23. The summed E-state index contributed by atoms with van der Waals surface area (Å²) in [6, 6.07) is 13.2. The third-order valence-corrected chi connectivity index (χ3v) is 6.80. The summed E-state index contributed by atoms with van der Waals surface area (Å²) >= 11 is 0. The van der Waals surface area contributed by atoms with Crippen molar-refractivity contribution in [3.05, 3.63) is 59.7 Å². The number of aliphatic hydroxyl groups excluding tert-OH is 1. The van der Waals surface area contributed by atoms with Crippen LogP contribution in [0.2, 0.25) is 0 Å². The van der Waals surface area contributed by atoms with E-state index in [9.17, 15) is 29.5 Å². The minimum Gasteiger partial charge on any atom is -0.391 e. The highest BCUT2D eigenvalue weighted by Gasteiger charge is 2.26. The van der Waals surface area contributed by atoms with Gasteiger partial charge in [0.15, 0.2) is 0 Å². The molecule has 5 amide bonds. The molecule has 2 atom stereocenters. The summed E-state index contributed by atoms with van der Waals surface area (Å²) < 4.78 is 0. The van der Waals surface area contributed by atoms with Crippen LogP contribution in [-0.2, 0) is 16.0 Å². The Balaban J connectivity index is 1.42. The summed E-state index contributed by atoms with van der Waals surface area (Å²) in [7, 11) is 0. The molecule has 1 fully saturated rings. The molecule has 1 saturated heterocycles. The second-order valence-corrected chi connectivity index (χ2v) is 9.80. The van der Waals surface area contributed by atoms with Gasteiger partial charge in [0, 0.05) is 38.2 Å². The second kappa shape index (κ2) is 15.0. The number of hydrogen-bond acceptors (Lipinski definition) is 6. The van der Waals surface area contributed by atoms with E-state index in [1.807, 2.05) is 24.3 Å². The van der Waals surface area contributed by atoms with E-state index in [-0.39, 0.29) is 25.5 Å². The zero-order valence-corrected chi connectivity index (χ0v) is 23.1. The molecule has 2 aromatic carbocycles. The van der Waals surface area contributed by atoms with Crippen molar-refractivity contribution in [3.8, 4) is 11.1 Å². The minimum absolute atomic E-state index is 0.102. The maximum absolute atomic E-state index is 12.8. The molecule has 0 unspecified atom stereocenters. The first kappa shape index (κ1) is 30.6. The number of rotatable bonds is 13.